The quantitative estimate of drug-likeness (QED) is 0.684. The molecule has 3 atom stereocenters. The molecule has 0 aromatic heterocycles. The maximum absolute atomic E-state index is 13.5. The summed E-state index contributed by atoms with van der Waals surface area (Å²) in [5.41, 5.74) is 3.33. The van der Waals surface area contributed by atoms with Crippen LogP contribution < -0.4 is 5.32 Å². The summed E-state index contributed by atoms with van der Waals surface area (Å²) in [6.07, 6.45) is 0.0899. The average Bonchev–Trinajstić information content (AvgIpc) is 3.45. The van der Waals surface area contributed by atoms with E-state index in [-0.39, 0.29) is 31.0 Å². The van der Waals surface area contributed by atoms with E-state index >= 15 is 0 Å². The zero-order chi connectivity index (χ0) is 24.6. The van der Waals surface area contributed by atoms with Crippen LogP contribution in [0.2, 0.25) is 0 Å². The molecule has 0 spiro atoms. The molecular formula is C27H30N2O6. The first-order valence-corrected chi connectivity index (χ1v) is 12.1. The molecule has 2 amide bonds. The normalized spacial score (nSPS) is 25.6. The molecule has 2 N–H and O–H groups in total. The maximum Gasteiger partial charge on any atom is 0.408 e. The van der Waals surface area contributed by atoms with Gasteiger partial charge in [-0.3, -0.25) is 9.59 Å². The van der Waals surface area contributed by atoms with E-state index in [1.54, 1.807) is 4.90 Å². The minimum absolute atomic E-state index is 0.0727. The molecule has 3 aliphatic rings. The van der Waals surface area contributed by atoms with Gasteiger partial charge in [-0.2, -0.15) is 0 Å². The molecule has 2 aliphatic heterocycles. The molecule has 2 aromatic carbocycles. The van der Waals surface area contributed by atoms with Crippen molar-refractivity contribution in [2.24, 2.45) is 11.8 Å². The molecular weight excluding hydrogens is 448 g/mol. The Bertz CT molecular complexity index is 1100. The Morgan fingerprint density at radius 3 is 2.34 bits per heavy atom. The summed E-state index contributed by atoms with van der Waals surface area (Å²) in [6.45, 7) is 3.11. The number of hydrogen-bond donors (Lipinski definition) is 2. The van der Waals surface area contributed by atoms with Crippen molar-refractivity contribution >= 4 is 18.0 Å². The molecule has 3 unspecified atom stereocenters. The van der Waals surface area contributed by atoms with Gasteiger partial charge in [-0.15, -0.1) is 0 Å². The Labute approximate surface area is 204 Å². The Morgan fingerprint density at radius 1 is 1.11 bits per heavy atom. The molecule has 8 nitrogen and oxygen atoms in total. The lowest BCUT2D eigenvalue weighted by Gasteiger charge is -2.39. The van der Waals surface area contributed by atoms with Crippen molar-refractivity contribution < 1.29 is 29.0 Å². The van der Waals surface area contributed by atoms with Crippen LogP contribution in [-0.2, 0) is 19.1 Å². The average molecular weight is 479 g/mol. The number of amides is 2. The molecule has 0 bridgehead atoms. The fourth-order valence-electron chi connectivity index (χ4n) is 5.72. The molecule has 184 valence electrons. The number of carbonyl (C=O) groups is 3. The minimum Gasteiger partial charge on any atom is -0.481 e. The van der Waals surface area contributed by atoms with Gasteiger partial charge in [-0.1, -0.05) is 55.5 Å². The first-order valence-electron chi connectivity index (χ1n) is 12.1. The summed E-state index contributed by atoms with van der Waals surface area (Å²) < 4.78 is 11.2. The highest BCUT2D eigenvalue weighted by Gasteiger charge is 2.48. The van der Waals surface area contributed by atoms with Crippen molar-refractivity contribution in [3.8, 4) is 11.1 Å². The van der Waals surface area contributed by atoms with E-state index in [9.17, 15) is 19.5 Å². The number of aliphatic carboxylic acids is 1. The van der Waals surface area contributed by atoms with Crippen molar-refractivity contribution in [2.45, 2.75) is 31.2 Å². The Hall–Kier alpha value is -3.39. The summed E-state index contributed by atoms with van der Waals surface area (Å²) in [6, 6.07) is 16.2. The second kappa shape index (κ2) is 9.34. The molecule has 8 heteroatoms. The van der Waals surface area contributed by atoms with Gasteiger partial charge in [0.2, 0.25) is 0 Å². The zero-order valence-corrected chi connectivity index (χ0v) is 19.7. The number of fused-ring (bicyclic) bond motifs is 3. The van der Waals surface area contributed by atoms with Crippen molar-refractivity contribution in [3.05, 3.63) is 59.7 Å². The van der Waals surface area contributed by atoms with Crippen LogP contribution in [0.4, 0.5) is 4.79 Å². The third-order valence-corrected chi connectivity index (χ3v) is 7.63. The first kappa shape index (κ1) is 23.4. The van der Waals surface area contributed by atoms with E-state index in [1.807, 2.05) is 31.2 Å². The fraction of sp³-hybridized carbons (Fsp3) is 0.444. The predicted molar refractivity (Wildman–Crippen MR) is 128 cm³/mol. The second-order valence-electron chi connectivity index (χ2n) is 9.80. The van der Waals surface area contributed by atoms with Gasteiger partial charge in [0.15, 0.2) is 0 Å². The minimum atomic E-state index is -1.20. The van der Waals surface area contributed by atoms with Crippen molar-refractivity contribution in [1.29, 1.82) is 0 Å². The molecule has 5 rings (SSSR count). The summed E-state index contributed by atoms with van der Waals surface area (Å²) in [5, 5.41) is 12.2. The second-order valence-corrected chi connectivity index (χ2v) is 9.80. The van der Waals surface area contributed by atoms with E-state index in [2.05, 4.69) is 29.6 Å². The number of likely N-dealkylation sites (tertiary alicyclic amines) is 1. The number of nitrogens with zero attached hydrogens (tertiary/aromatic N) is 1. The standard InChI is InChI=1S/C27H30N2O6/c1-17-14-29(12-10-18(17)24(30)31)25(32)27(11-13-34-16-27)28-26(33)35-15-23-21-8-4-2-6-19(21)20-7-3-5-9-22(20)23/h2-9,17-18,23H,10-16H2,1H3,(H,28,33)(H,30,31). The number of carboxylic acid groups (broad SMARTS) is 1. The third-order valence-electron chi connectivity index (χ3n) is 7.63. The monoisotopic (exact) mass is 478 g/mol. The van der Waals surface area contributed by atoms with Crippen LogP contribution in [0.1, 0.15) is 36.8 Å². The van der Waals surface area contributed by atoms with E-state index in [0.29, 0.717) is 32.5 Å². The van der Waals surface area contributed by atoms with Gasteiger partial charge < -0.3 is 24.8 Å². The number of hydrogen-bond acceptors (Lipinski definition) is 5. The summed E-state index contributed by atoms with van der Waals surface area (Å²) >= 11 is 0. The van der Waals surface area contributed by atoms with Crippen molar-refractivity contribution in [3.63, 3.8) is 0 Å². The first-order chi connectivity index (χ1) is 16.9. The smallest absolute Gasteiger partial charge is 0.408 e. The molecule has 35 heavy (non-hydrogen) atoms. The number of piperidine rings is 1. The lowest BCUT2D eigenvalue weighted by molar-refractivity contribution is -0.150. The number of alkyl carbamates (subject to hydrolysis) is 1. The summed E-state index contributed by atoms with van der Waals surface area (Å²) in [5.74, 6) is -1.78. The Kier molecular flexibility index (Phi) is 6.23. The Balaban J connectivity index is 1.26. The number of ether oxygens (including phenoxy) is 2. The van der Waals surface area contributed by atoms with Gasteiger partial charge in [0.25, 0.3) is 5.91 Å². The fourth-order valence-corrected chi connectivity index (χ4v) is 5.72. The molecule has 2 fully saturated rings. The van der Waals surface area contributed by atoms with Gasteiger partial charge >= 0.3 is 12.1 Å². The van der Waals surface area contributed by atoms with Crippen LogP contribution in [0.5, 0.6) is 0 Å². The van der Waals surface area contributed by atoms with Crippen molar-refractivity contribution in [2.75, 3.05) is 32.9 Å². The van der Waals surface area contributed by atoms with Crippen LogP contribution in [0.25, 0.3) is 11.1 Å². The van der Waals surface area contributed by atoms with Gasteiger partial charge in [-0.25, -0.2) is 4.79 Å². The van der Waals surface area contributed by atoms with Gasteiger partial charge in [0, 0.05) is 32.0 Å². The lowest BCUT2D eigenvalue weighted by atomic mass is 9.85. The van der Waals surface area contributed by atoms with Crippen LogP contribution in [0, 0.1) is 11.8 Å². The van der Waals surface area contributed by atoms with Crippen LogP contribution in [0.15, 0.2) is 48.5 Å². The van der Waals surface area contributed by atoms with E-state index in [4.69, 9.17) is 9.47 Å². The van der Waals surface area contributed by atoms with Crippen molar-refractivity contribution in [1.82, 2.24) is 10.2 Å². The topological polar surface area (TPSA) is 105 Å². The number of carboxylic acids is 1. The lowest BCUT2D eigenvalue weighted by Crippen LogP contribution is -2.62. The third kappa shape index (κ3) is 4.27. The summed E-state index contributed by atoms with van der Waals surface area (Å²) in [7, 11) is 0. The van der Waals surface area contributed by atoms with Crippen LogP contribution >= 0.6 is 0 Å². The van der Waals surface area contributed by atoms with Crippen LogP contribution in [-0.4, -0.2) is 66.4 Å². The van der Waals surface area contributed by atoms with Crippen LogP contribution in [0.3, 0.4) is 0 Å². The van der Waals surface area contributed by atoms with Gasteiger partial charge in [-0.05, 0) is 34.6 Å². The maximum atomic E-state index is 13.5. The molecule has 0 saturated carbocycles. The molecule has 2 saturated heterocycles. The summed E-state index contributed by atoms with van der Waals surface area (Å²) in [4.78, 5) is 39.5. The largest absolute Gasteiger partial charge is 0.481 e. The van der Waals surface area contributed by atoms with E-state index < -0.39 is 23.5 Å². The van der Waals surface area contributed by atoms with E-state index in [1.165, 1.54) is 0 Å². The number of rotatable bonds is 5. The highest BCUT2D eigenvalue weighted by Crippen LogP contribution is 2.44. The number of nitrogens with one attached hydrogen (secondary N) is 1. The molecule has 0 radical (unpaired) electrons. The highest BCUT2D eigenvalue weighted by atomic mass is 16.6. The predicted octanol–water partition coefficient (Wildman–Crippen LogP) is 3.25. The Morgan fingerprint density at radius 2 is 1.77 bits per heavy atom. The molecule has 2 aromatic rings. The van der Waals surface area contributed by atoms with Gasteiger partial charge in [0.1, 0.15) is 12.1 Å². The van der Waals surface area contributed by atoms with E-state index in [0.717, 1.165) is 22.3 Å². The van der Waals surface area contributed by atoms with Gasteiger partial charge in [0.05, 0.1) is 12.5 Å². The number of carbonyl (C=O) groups excluding carboxylic acids is 2. The molecule has 2 heterocycles. The number of benzene rings is 2. The molecule has 1 aliphatic carbocycles. The zero-order valence-electron chi connectivity index (χ0n) is 19.7. The SMILES string of the molecule is CC1CN(C(=O)C2(NC(=O)OCC3c4ccccc4-c4ccccc43)CCOC2)CCC1C(=O)O. The highest BCUT2D eigenvalue weighted by molar-refractivity contribution is 5.91.